The molecular weight excluding hydrogens is 427 g/mol. The van der Waals surface area contributed by atoms with E-state index in [1.165, 1.54) is 47.3 Å². The molecule has 1 heterocycles. The number of carbonyl (C=O) groups excluding carboxylic acids is 1. The Morgan fingerprint density at radius 3 is 2.52 bits per heavy atom. The van der Waals surface area contributed by atoms with Crippen LogP contribution in [0.4, 0.5) is 10.2 Å². The molecule has 0 aliphatic rings. The third-order valence-electron chi connectivity index (χ3n) is 4.35. The van der Waals surface area contributed by atoms with E-state index in [4.69, 9.17) is 9.92 Å². The predicted octanol–water partition coefficient (Wildman–Crippen LogP) is 1.40. The molecule has 1 unspecified atom stereocenters. The summed E-state index contributed by atoms with van der Waals surface area (Å²) in [6.07, 6.45) is -0.0452. The van der Waals surface area contributed by atoms with Gasteiger partial charge < -0.3 is 16.2 Å². The molecule has 2 aromatic carbocycles. The highest BCUT2D eigenvalue weighted by Crippen LogP contribution is 2.17. The Morgan fingerprint density at radius 2 is 1.87 bits per heavy atom. The Kier molecular flexibility index (Phi) is 6.68. The third kappa shape index (κ3) is 5.45. The highest BCUT2D eigenvalue weighted by atomic mass is 32.2. The highest BCUT2D eigenvalue weighted by Gasteiger charge is 2.20. The fourth-order valence-electron chi connectivity index (χ4n) is 2.63. The second-order valence-corrected chi connectivity index (χ2v) is 8.36. The van der Waals surface area contributed by atoms with Crippen LogP contribution >= 0.6 is 0 Å². The number of nitrogens with two attached hydrogens (primary N) is 1. The van der Waals surface area contributed by atoms with E-state index in [0.29, 0.717) is 5.69 Å². The first-order valence-corrected chi connectivity index (χ1v) is 10.6. The first-order valence-electron chi connectivity index (χ1n) is 9.19. The van der Waals surface area contributed by atoms with Crippen LogP contribution in [0.15, 0.2) is 59.6 Å². The van der Waals surface area contributed by atoms with Gasteiger partial charge in [0.2, 0.25) is 0 Å². The molecule has 3 rings (SSSR count). The molecule has 0 aliphatic carbocycles. The summed E-state index contributed by atoms with van der Waals surface area (Å²) >= 11 is 0. The average Bonchev–Trinajstić information content (AvgIpc) is 3.13. The number of nitrogen functional groups attached to an aromatic ring is 1. The second-order valence-electron chi connectivity index (χ2n) is 6.75. The number of halogens is 1. The topological polar surface area (TPSA) is 137 Å². The molecule has 1 amide bonds. The summed E-state index contributed by atoms with van der Waals surface area (Å²) in [7, 11) is -4.03. The number of aliphatic hydroxyl groups is 1. The number of benzene rings is 2. The van der Waals surface area contributed by atoms with E-state index in [2.05, 4.69) is 10.4 Å². The smallest absolute Gasteiger partial charge is 0.297 e. The number of carbonyl (C=O) groups is 1. The van der Waals surface area contributed by atoms with Gasteiger partial charge in [0.15, 0.2) is 0 Å². The highest BCUT2D eigenvalue weighted by molar-refractivity contribution is 7.86. The average molecular weight is 448 g/mol. The minimum Gasteiger partial charge on any atom is -0.389 e. The van der Waals surface area contributed by atoms with E-state index in [9.17, 15) is 22.7 Å². The van der Waals surface area contributed by atoms with Crippen molar-refractivity contribution in [3.05, 3.63) is 71.7 Å². The van der Waals surface area contributed by atoms with Gasteiger partial charge in [-0.2, -0.15) is 13.5 Å². The number of rotatable bonds is 8. The quantitative estimate of drug-likeness (QED) is 0.443. The van der Waals surface area contributed by atoms with Crippen molar-refractivity contribution >= 4 is 21.8 Å². The number of aliphatic hydroxyl groups excluding tert-OH is 1. The van der Waals surface area contributed by atoms with Crippen LogP contribution in [0.25, 0.3) is 5.69 Å². The number of nitrogens with zero attached hydrogens (tertiary/aromatic N) is 2. The SMILES string of the molecule is Cc1ccc(S(=O)(=O)OCC(O)CNC(=O)c2cnn(-c3ccc(F)cc3)c2N)cc1. The third-order valence-corrected chi connectivity index (χ3v) is 5.64. The van der Waals surface area contributed by atoms with Gasteiger partial charge in [-0.05, 0) is 43.3 Å². The van der Waals surface area contributed by atoms with Crippen LogP contribution < -0.4 is 11.1 Å². The number of aryl methyl sites for hydroxylation is 1. The molecule has 1 atom stereocenters. The summed E-state index contributed by atoms with van der Waals surface area (Å²) in [6, 6.07) is 11.4. The van der Waals surface area contributed by atoms with Crippen LogP contribution in [0.2, 0.25) is 0 Å². The number of amides is 1. The summed E-state index contributed by atoms with van der Waals surface area (Å²) in [6.45, 7) is 1.00. The molecule has 0 saturated heterocycles. The zero-order valence-corrected chi connectivity index (χ0v) is 17.3. The summed E-state index contributed by atoms with van der Waals surface area (Å²) in [4.78, 5) is 12.3. The van der Waals surface area contributed by atoms with Crippen molar-refractivity contribution in [2.24, 2.45) is 0 Å². The molecule has 0 bridgehead atoms. The molecule has 9 nitrogen and oxygen atoms in total. The molecule has 11 heteroatoms. The summed E-state index contributed by atoms with van der Waals surface area (Å²) in [5, 5.41) is 16.4. The van der Waals surface area contributed by atoms with Crippen molar-refractivity contribution in [1.29, 1.82) is 0 Å². The van der Waals surface area contributed by atoms with Crippen LogP contribution in [-0.4, -0.2) is 48.5 Å². The molecule has 3 aromatic rings. The maximum absolute atomic E-state index is 13.1. The molecule has 0 aliphatic heterocycles. The Hall–Kier alpha value is -3.28. The Morgan fingerprint density at radius 1 is 1.23 bits per heavy atom. The Balaban J connectivity index is 1.56. The lowest BCUT2D eigenvalue weighted by Crippen LogP contribution is -2.35. The van der Waals surface area contributed by atoms with Crippen molar-refractivity contribution in [3.63, 3.8) is 0 Å². The Bertz CT molecular complexity index is 1160. The number of nitrogens with one attached hydrogen (secondary N) is 1. The molecular formula is C20H21FN4O5S. The first kappa shape index (κ1) is 22.4. The lowest BCUT2D eigenvalue weighted by molar-refractivity contribution is 0.0853. The second kappa shape index (κ2) is 9.25. The van der Waals surface area contributed by atoms with Gasteiger partial charge in [0.25, 0.3) is 16.0 Å². The van der Waals surface area contributed by atoms with Crippen LogP contribution in [0, 0.1) is 12.7 Å². The molecule has 31 heavy (non-hydrogen) atoms. The molecule has 4 N–H and O–H groups in total. The van der Waals surface area contributed by atoms with Crippen LogP contribution in [0.3, 0.4) is 0 Å². The first-order chi connectivity index (χ1) is 14.7. The summed E-state index contributed by atoms with van der Waals surface area (Å²) < 4.78 is 43.5. The van der Waals surface area contributed by atoms with Crippen molar-refractivity contribution in [2.75, 3.05) is 18.9 Å². The number of hydrogen-bond acceptors (Lipinski definition) is 7. The maximum Gasteiger partial charge on any atom is 0.297 e. The van der Waals surface area contributed by atoms with Crippen LogP contribution in [0.1, 0.15) is 15.9 Å². The van der Waals surface area contributed by atoms with Crippen molar-refractivity contribution in [1.82, 2.24) is 15.1 Å². The van der Waals surface area contributed by atoms with E-state index in [1.807, 2.05) is 6.92 Å². The summed E-state index contributed by atoms with van der Waals surface area (Å²) in [5.74, 6) is -1.02. The number of hydrogen-bond donors (Lipinski definition) is 3. The van der Waals surface area contributed by atoms with Gasteiger partial charge in [-0.3, -0.25) is 8.98 Å². The fraction of sp³-hybridized carbons (Fsp3) is 0.200. The van der Waals surface area contributed by atoms with Crippen molar-refractivity contribution < 1.29 is 26.9 Å². The monoisotopic (exact) mass is 448 g/mol. The molecule has 0 radical (unpaired) electrons. The van der Waals surface area contributed by atoms with E-state index in [-0.39, 0.29) is 22.8 Å². The molecule has 164 valence electrons. The van der Waals surface area contributed by atoms with Gasteiger partial charge in [0, 0.05) is 6.54 Å². The Labute approximate surface area is 178 Å². The molecule has 1 aromatic heterocycles. The van der Waals surface area contributed by atoms with E-state index < -0.39 is 34.6 Å². The van der Waals surface area contributed by atoms with Gasteiger partial charge in [-0.25, -0.2) is 9.07 Å². The lowest BCUT2D eigenvalue weighted by atomic mass is 10.2. The van der Waals surface area contributed by atoms with Gasteiger partial charge in [-0.1, -0.05) is 17.7 Å². The van der Waals surface area contributed by atoms with E-state index in [0.717, 1.165) is 5.56 Å². The fourth-order valence-corrected chi connectivity index (χ4v) is 3.57. The number of aromatic nitrogens is 2. The molecule has 0 saturated carbocycles. The lowest BCUT2D eigenvalue weighted by Gasteiger charge is -2.12. The summed E-state index contributed by atoms with van der Waals surface area (Å²) in [5.41, 5.74) is 7.35. The molecule has 0 fully saturated rings. The minimum atomic E-state index is -4.03. The zero-order chi connectivity index (χ0) is 22.6. The van der Waals surface area contributed by atoms with Gasteiger partial charge in [0.05, 0.1) is 29.5 Å². The van der Waals surface area contributed by atoms with Gasteiger partial charge in [0.1, 0.15) is 17.2 Å². The molecule has 0 spiro atoms. The van der Waals surface area contributed by atoms with Crippen molar-refractivity contribution in [3.8, 4) is 5.69 Å². The van der Waals surface area contributed by atoms with Crippen LogP contribution in [0.5, 0.6) is 0 Å². The van der Waals surface area contributed by atoms with Gasteiger partial charge >= 0.3 is 0 Å². The van der Waals surface area contributed by atoms with Gasteiger partial charge in [-0.15, -0.1) is 0 Å². The van der Waals surface area contributed by atoms with Crippen molar-refractivity contribution in [2.45, 2.75) is 17.9 Å². The van der Waals surface area contributed by atoms with E-state index >= 15 is 0 Å². The van der Waals surface area contributed by atoms with Crippen LogP contribution in [-0.2, 0) is 14.3 Å². The number of anilines is 1. The minimum absolute atomic E-state index is 0.0248. The normalized spacial score (nSPS) is 12.5. The zero-order valence-electron chi connectivity index (χ0n) is 16.5. The standard InChI is InChI=1S/C20H21FN4O5S/c1-13-2-8-17(9-3-13)31(28,29)30-12-16(26)10-23-20(27)18-11-24-25(19(18)22)15-6-4-14(21)5-7-15/h2-9,11,16,26H,10,12,22H2,1H3,(H,23,27). The maximum atomic E-state index is 13.1. The largest absolute Gasteiger partial charge is 0.389 e. The van der Waals surface area contributed by atoms with E-state index in [1.54, 1.807) is 12.1 Å². The predicted molar refractivity (Wildman–Crippen MR) is 111 cm³/mol.